The van der Waals surface area contributed by atoms with Gasteiger partial charge >= 0.3 is 0 Å². The van der Waals surface area contributed by atoms with Crippen LogP contribution in [0.4, 0.5) is 0 Å². The minimum Gasteiger partial charge on any atom is -0.373 e. The molecule has 8 unspecified atom stereocenters. The first-order chi connectivity index (χ1) is 12.6. The highest BCUT2D eigenvalue weighted by Gasteiger charge is 2.82. The molecule has 0 aromatic heterocycles. The highest BCUT2D eigenvalue weighted by atomic mass is 35.5. The van der Waals surface area contributed by atoms with Crippen molar-refractivity contribution in [2.45, 2.75) is 48.6 Å². The van der Waals surface area contributed by atoms with Gasteiger partial charge in [-0.3, -0.25) is 14.4 Å². The van der Waals surface area contributed by atoms with Gasteiger partial charge in [0.15, 0.2) is 0 Å². The van der Waals surface area contributed by atoms with Gasteiger partial charge in [-0.25, -0.2) is 0 Å². The Labute approximate surface area is 177 Å². The fourth-order valence-electron chi connectivity index (χ4n) is 5.77. The van der Waals surface area contributed by atoms with Gasteiger partial charge in [-0.15, -0.1) is 23.2 Å². The van der Waals surface area contributed by atoms with Crippen molar-refractivity contribution in [2.75, 3.05) is 6.61 Å². The molecular formula is C18H19Cl4NO4. The topological polar surface area (TPSA) is 55.8 Å². The molecule has 27 heavy (non-hydrogen) atoms. The summed E-state index contributed by atoms with van der Waals surface area (Å²) in [7, 11) is 0. The number of alkyl halides is 2. The normalized spacial score (nSPS) is 49.8. The Balaban J connectivity index is 1.46. The summed E-state index contributed by atoms with van der Waals surface area (Å²) in [5.74, 6) is -1.97. The Kier molecular flexibility index (Phi) is 4.05. The molecule has 1 saturated carbocycles. The molecule has 2 aliphatic carbocycles. The number of ether oxygens (including phenoxy) is 1. The molecule has 5 aliphatic rings. The summed E-state index contributed by atoms with van der Waals surface area (Å²) in [6.45, 7) is 4.42. The number of carbonyl (C=O) groups is 2. The molecule has 3 heterocycles. The standard InChI is InChI=1S/C18H19Cl4NO4/c1-6(2)3-4-26-23-15(24)7-8(16(23)25)12-10-9(11(7)27-12)17(21)5-18(10,22)14(20)13(17)19/h6-12H,3-5H2,1-2H3. The van der Waals surface area contributed by atoms with Gasteiger partial charge in [-0.1, -0.05) is 37.0 Å². The molecule has 4 bridgehead atoms. The van der Waals surface area contributed by atoms with Crippen LogP contribution in [-0.4, -0.2) is 45.4 Å². The molecule has 5 nitrogen and oxygen atoms in total. The number of hydrogen-bond donors (Lipinski definition) is 0. The van der Waals surface area contributed by atoms with Crippen molar-refractivity contribution >= 4 is 58.2 Å². The van der Waals surface area contributed by atoms with Gasteiger partial charge in [0.05, 0.1) is 50.5 Å². The number of allylic oxidation sites excluding steroid dienone is 2. The molecule has 0 spiro atoms. The van der Waals surface area contributed by atoms with Crippen LogP contribution in [0.15, 0.2) is 10.1 Å². The number of amides is 2. The molecule has 0 radical (unpaired) electrons. The third-order valence-electron chi connectivity index (χ3n) is 6.88. The maximum absolute atomic E-state index is 12.9. The minimum absolute atomic E-state index is 0.245. The first kappa shape index (κ1) is 19.0. The molecule has 4 fully saturated rings. The van der Waals surface area contributed by atoms with Gasteiger partial charge in [0.2, 0.25) is 0 Å². The van der Waals surface area contributed by atoms with Crippen LogP contribution in [-0.2, 0) is 19.2 Å². The molecule has 148 valence electrons. The Morgan fingerprint density at radius 3 is 2.00 bits per heavy atom. The number of fused-ring (bicyclic) bond motifs is 12. The van der Waals surface area contributed by atoms with Gasteiger partial charge in [-0.05, 0) is 18.8 Å². The first-order valence-corrected chi connectivity index (χ1v) is 10.7. The van der Waals surface area contributed by atoms with Crippen molar-refractivity contribution in [1.82, 2.24) is 5.06 Å². The van der Waals surface area contributed by atoms with Crippen molar-refractivity contribution in [3.8, 4) is 0 Å². The van der Waals surface area contributed by atoms with Crippen LogP contribution in [0, 0.1) is 29.6 Å². The molecule has 8 atom stereocenters. The van der Waals surface area contributed by atoms with E-state index in [1.165, 1.54) is 0 Å². The van der Waals surface area contributed by atoms with Crippen LogP contribution >= 0.6 is 46.4 Å². The third-order valence-corrected chi connectivity index (χ3v) is 9.38. The summed E-state index contributed by atoms with van der Waals surface area (Å²) in [5, 5.41) is 1.62. The smallest absolute Gasteiger partial charge is 0.260 e. The lowest BCUT2D eigenvalue weighted by molar-refractivity contribution is -0.193. The second kappa shape index (κ2) is 5.77. The van der Waals surface area contributed by atoms with Gasteiger partial charge in [0, 0.05) is 11.8 Å². The lowest BCUT2D eigenvalue weighted by atomic mass is 9.65. The predicted molar refractivity (Wildman–Crippen MR) is 100 cm³/mol. The van der Waals surface area contributed by atoms with Crippen LogP contribution in [0.1, 0.15) is 26.7 Å². The van der Waals surface area contributed by atoms with Crippen LogP contribution in [0.2, 0.25) is 0 Å². The van der Waals surface area contributed by atoms with Crippen molar-refractivity contribution < 1.29 is 19.2 Å². The van der Waals surface area contributed by atoms with Crippen LogP contribution < -0.4 is 0 Å². The van der Waals surface area contributed by atoms with Gasteiger partial charge in [0.25, 0.3) is 11.8 Å². The summed E-state index contributed by atoms with van der Waals surface area (Å²) in [4.78, 5) is 29.5. The molecule has 5 rings (SSSR count). The zero-order valence-corrected chi connectivity index (χ0v) is 17.8. The summed E-state index contributed by atoms with van der Waals surface area (Å²) >= 11 is 26.6. The molecule has 9 heteroatoms. The van der Waals surface area contributed by atoms with E-state index in [2.05, 4.69) is 13.8 Å². The monoisotopic (exact) mass is 453 g/mol. The molecule has 3 aliphatic heterocycles. The summed E-state index contributed by atoms with van der Waals surface area (Å²) < 4.78 is 6.11. The number of imide groups is 1. The Morgan fingerprint density at radius 2 is 1.56 bits per heavy atom. The number of carbonyl (C=O) groups excluding carboxylic acids is 2. The summed E-state index contributed by atoms with van der Waals surface area (Å²) in [6.07, 6.45) is 0.141. The first-order valence-electron chi connectivity index (χ1n) is 9.23. The van der Waals surface area contributed by atoms with E-state index in [0.717, 1.165) is 11.5 Å². The van der Waals surface area contributed by atoms with Gasteiger partial charge in [0.1, 0.15) is 0 Å². The quantitative estimate of drug-likeness (QED) is 0.480. The minimum atomic E-state index is -0.940. The molecule has 0 aromatic carbocycles. The average molecular weight is 455 g/mol. The average Bonchev–Trinajstić information content (AvgIpc) is 3.32. The Bertz CT molecular complexity index is 733. The van der Waals surface area contributed by atoms with Crippen LogP contribution in [0.5, 0.6) is 0 Å². The third kappa shape index (κ3) is 2.11. The number of rotatable bonds is 4. The van der Waals surface area contributed by atoms with E-state index in [1.54, 1.807) is 0 Å². The number of hydroxylamine groups is 2. The summed E-state index contributed by atoms with van der Waals surface area (Å²) in [6, 6.07) is 0. The van der Waals surface area contributed by atoms with Crippen molar-refractivity contribution in [3.05, 3.63) is 10.1 Å². The van der Waals surface area contributed by atoms with Crippen molar-refractivity contribution in [3.63, 3.8) is 0 Å². The number of hydrogen-bond acceptors (Lipinski definition) is 4. The fourth-order valence-corrected chi connectivity index (χ4v) is 7.79. The second-order valence-electron chi connectivity index (χ2n) is 8.68. The number of nitrogens with zero attached hydrogens (tertiary/aromatic N) is 1. The van der Waals surface area contributed by atoms with E-state index in [4.69, 9.17) is 56.0 Å². The maximum Gasteiger partial charge on any atom is 0.260 e. The summed E-state index contributed by atoms with van der Waals surface area (Å²) in [5.41, 5.74) is 0. The molecule has 0 N–H and O–H groups in total. The largest absolute Gasteiger partial charge is 0.373 e. The highest BCUT2D eigenvalue weighted by molar-refractivity contribution is 6.51. The van der Waals surface area contributed by atoms with E-state index in [0.29, 0.717) is 29.0 Å². The Morgan fingerprint density at radius 1 is 1.07 bits per heavy atom. The predicted octanol–water partition coefficient (Wildman–Crippen LogP) is 3.64. The highest BCUT2D eigenvalue weighted by Crippen LogP contribution is 2.75. The molecule has 2 amide bonds. The lowest BCUT2D eigenvalue weighted by Crippen LogP contribution is -2.50. The second-order valence-corrected chi connectivity index (χ2v) is 10.8. The van der Waals surface area contributed by atoms with Crippen LogP contribution in [0.25, 0.3) is 0 Å². The van der Waals surface area contributed by atoms with Crippen LogP contribution in [0.3, 0.4) is 0 Å². The van der Waals surface area contributed by atoms with E-state index < -0.39 is 33.8 Å². The molecule has 3 saturated heterocycles. The van der Waals surface area contributed by atoms with Gasteiger partial charge in [-0.2, -0.15) is 5.06 Å². The SMILES string of the molecule is CC(C)CCON1C(=O)C2C3OC(C2C1=O)C1C3C2(Cl)CC1(Cl)C(Cl)=C2Cl. The van der Waals surface area contributed by atoms with Crippen molar-refractivity contribution in [2.24, 2.45) is 29.6 Å². The van der Waals surface area contributed by atoms with E-state index in [9.17, 15) is 9.59 Å². The van der Waals surface area contributed by atoms with E-state index >= 15 is 0 Å². The van der Waals surface area contributed by atoms with Crippen molar-refractivity contribution in [1.29, 1.82) is 0 Å². The zero-order valence-electron chi connectivity index (χ0n) is 14.8. The Hall–Kier alpha value is -0.0400. The fraction of sp³-hybridized carbons (Fsp3) is 0.778. The van der Waals surface area contributed by atoms with Gasteiger partial charge < -0.3 is 4.74 Å². The van der Waals surface area contributed by atoms with E-state index in [-0.39, 0.29) is 23.7 Å². The molecule has 0 aromatic rings. The lowest BCUT2D eigenvalue weighted by Gasteiger charge is -2.40. The molecular weight excluding hydrogens is 436 g/mol. The zero-order chi connectivity index (χ0) is 19.5. The van der Waals surface area contributed by atoms with E-state index in [1.807, 2.05) is 0 Å². The maximum atomic E-state index is 12.9. The number of halogens is 4.